The van der Waals surface area contributed by atoms with Crippen LogP contribution in [0.1, 0.15) is 64.9 Å². The number of carbonyl (C=O) groups is 2. The van der Waals surface area contributed by atoms with Gasteiger partial charge in [0.25, 0.3) is 5.91 Å². The largest absolute Gasteiger partial charge is 0.461 e. The number of hydrogen-bond donors (Lipinski definition) is 1. The van der Waals surface area contributed by atoms with Gasteiger partial charge in [0.05, 0.1) is 12.2 Å². The molecule has 0 fully saturated rings. The van der Waals surface area contributed by atoms with Crippen LogP contribution in [0.15, 0.2) is 30.3 Å². The fraction of sp³-hybridized carbons (Fsp3) is 0.429. The number of aromatic nitrogens is 1. The lowest BCUT2D eigenvalue weighted by Gasteiger charge is -2.13. The molecule has 5 heteroatoms. The summed E-state index contributed by atoms with van der Waals surface area (Å²) in [6, 6.07) is 9.95. The van der Waals surface area contributed by atoms with E-state index < -0.39 is 5.97 Å². The minimum absolute atomic E-state index is 0.0739. The summed E-state index contributed by atoms with van der Waals surface area (Å²) >= 11 is 0. The molecule has 0 saturated heterocycles. The van der Waals surface area contributed by atoms with Gasteiger partial charge >= 0.3 is 5.97 Å². The van der Waals surface area contributed by atoms with Crippen LogP contribution in [0.25, 0.3) is 0 Å². The molecule has 1 heterocycles. The number of hydrogen-bond acceptors (Lipinski definition) is 3. The molecule has 1 aromatic carbocycles. The van der Waals surface area contributed by atoms with Crippen LogP contribution in [0.2, 0.25) is 0 Å². The molecule has 5 nitrogen and oxygen atoms in total. The molecule has 140 valence electrons. The summed E-state index contributed by atoms with van der Waals surface area (Å²) in [5.74, 6) is -0.543. The SMILES string of the molecule is CCOC(=O)c1c(C)c(C(=O)NC(C)CC)c(C)n1Cc1ccccc1. The number of carbonyl (C=O) groups excluding carboxylic acids is 2. The molecule has 0 aliphatic carbocycles. The summed E-state index contributed by atoms with van der Waals surface area (Å²) < 4.78 is 7.13. The van der Waals surface area contributed by atoms with E-state index in [1.165, 1.54) is 0 Å². The van der Waals surface area contributed by atoms with Gasteiger partial charge in [-0.3, -0.25) is 4.79 Å². The van der Waals surface area contributed by atoms with E-state index in [2.05, 4.69) is 5.32 Å². The van der Waals surface area contributed by atoms with Crippen molar-refractivity contribution in [3.05, 3.63) is 58.4 Å². The van der Waals surface area contributed by atoms with Gasteiger partial charge in [-0.25, -0.2) is 4.79 Å². The lowest BCUT2D eigenvalue weighted by molar-refractivity contribution is 0.0513. The average molecular weight is 356 g/mol. The molecule has 0 spiro atoms. The second-order valence-electron chi connectivity index (χ2n) is 6.51. The van der Waals surface area contributed by atoms with E-state index in [0.29, 0.717) is 30.0 Å². The number of esters is 1. The Balaban J connectivity index is 2.52. The van der Waals surface area contributed by atoms with E-state index in [-0.39, 0.29) is 11.9 Å². The zero-order valence-corrected chi connectivity index (χ0v) is 16.3. The van der Waals surface area contributed by atoms with Gasteiger partial charge in [-0.1, -0.05) is 37.3 Å². The molecule has 1 N–H and O–H groups in total. The van der Waals surface area contributed by atoms with Crippen LogP contribution in [0.3, 0.4) is 0 Å². The average Bonchev–Trinajstić information content (AvgIpc) is 2.86. The normalized spacial score (nSPS) is 11.9. The Morgan fingerprint density at radius 3 is 2.38 bits per heavy atom. The monoisotopic (exact) mass is 356 g/mol. The third-order valence-electron chi connectivity index (χ3n) is 4.64. The molecule has 0 aliphatic heterocycles. The van der Waals surface area contributed by atoms with Crippen molar-refractivity contribution in [2.24, 2.45) is 0 Å². The number of benzene rings is 1. The second kappa shape index (κ2) is 8.70. The summed E-state index contributed by atoms with van der Waals surface area (Å²) in [5.41, 5.74) is 3.50. The topological polar surface area (TPSA) is 60.3 Å². The summed E-state index contributed by atoms with van der Waals surface area (Å²) in [6.07, 6.45) is 0.847. The Morgan fingerprint density at radius 1 is 1.15 bits per heavy atom. The second-order valence-corrected chi connectivity index (χ2v) is 6.51. The Labute approximate surface area is 155 Å². The quantitative estimate of drug-likeness (QED) is 0.767. The molecule has 1 aromatic heterocycles. The molecule has 2 rings (SSSR count). The van der Waals surface area contributed by atoms with E-state index in [1.54, 1.807) is 6.92 Å². The van der Waals surface area contributed by atoms with Gasteiger partial charge in [-0.15, -0.1) is 0 Å². The lowest BCUT2D eigenvalue weighted by atomic mass is 10.1. The first-order valence-electron chi connectivity index (χ1n) is 9.12. The third-order valence-corrected chi connectivity index (χ3v) is 4.64. The maximum Gasteiger partial charge on any atom is 0.355 e. The van der Waals surface area contributed by atoms with Crippen molar-refractivity contribution >= 4 is 11.9 Å². The van der Waals surface area contributed by atoms with Gasteiger partial charge in [0.2, 0.25) is 0 Å². The van der Waals surface area contributed by atoms with Crippen LogP contribution >= 0.6 is 0 Å². The highest BCUT2D eigenvalue weighted by molar-refractivity contribution is 6.01. The first-order valence-corrected chi connectivity index (χ1v) is 9.12. The maximum absolute atomic E-state index is 12.8. The molecular weight excluding hydrogens is 328 g/mol. The minimum atomic E-state index is -0.397. The van der Waals surface area contributed by atoms with Gasteiger partial charge < -0.3 is 14.6 Å². The van der Waals surface area contributed by atoms with Gasteiger partial charge in [0.1, 0.15) is 5.69 Å². The number of nitrogens with one attached hydrogen (secondary N) is 1. The van der Waals surface area contributed by atoms with Crippen LogP contribution in [-0.4, -0.2) is 29.1 Å². The Kier molecular flexibility index (Phi) is 6.61. The van der Waals surface area contributed by atoms with E-state index in [9.17, 15) is 9.59 Å². The van der Waals surface area contributed by atoms with Crippen molar-refractivity contribution in [3.8, 4) is 0 Å². The molecule has 0 bridgehead atoms. The molecule has 2 aromatic rings. The van der Waals surface area contributed by atoms with Crippen molar-refractivity contribution in [1.82, 2.24) is 9.88 Å². The first-order chi connectivity index (χ1) is 12.4. The number of ether oxygens (including phenoxy) is 1. The van der Waals surface area contributed by atoms with E-state index in [4.69, 9.17) is 4.74 Å². The Bertz CT molecular complexity index is 778. The zero-order valence-electron chi connectivity index (χ0n) is 16.3. The van der Waals surface area contributed by atoms with E-state index in [0.717, 1.165) is 17.7 Å². The predicted molar refractivity (Wildman–Crippen MR) is 103 cm³/mol. The fourth-order valence-electron chi connectivity index (χ4n) is 3.05. The van der Waals surface area contributed by atoms with Gasteiger partial charge in [0, 0.05) is 18.3 Å². The van der Waals surface area contributed by atoms with Gasteiger partial charge in [-0.05, 0) is 45.2 Å². The zero-order chi connectivity index (χ0) is 19.3. The lowest BCUT2D eigenvalue weighted by Crippen LogP contribution is -2.32. The van der Waals surface area contributed by atoms with Crippen molar-refractivity contribution in [2.45, 2.75) is 53.6 Å². The van der Waals surface area contributed by atoms with Crippen LogP contribution in [-0.2, 0) is 11.3 Å². The first kappa shape index (κ1) is 19.8. The van der Waals surface area contributed by atoms with Gasteiger partial charge in [-0.2, -0.15) is 0 Å². The summed E-state index contributed by atoms with van der Waals surface area (Å²) in [7, 11) is 0. The summed E-state index contributed by atoms with van der Waals surface area (Å²) in [6.45, 7) is 10.3. The molecular formula is C21H28N2O3. The van der Waals surface area contributed by atoms with Crippen molar-refractivity contribution < 1.29 is 14.3 Å². The van der Waals surface area contributed by atoms with Crippen molar-refractivity contribution in [3.63, 3.8) is 0 Å². The van der Waals surface area contributed by atoms with Crippen molar-refractivity contribution in [1.29, 1.82) is 0 Å². The van der Waals surface area contributed by atoms with Crippen LogP contribution in [0.5, 0.6) is 0 Å². The molecule has 0 saturated carbocycles. The number of amides is 1. The molecule has 1 amide bonds. The number of nitrogens with zero attached hydrogens (tertiary/aromatic N) is 1. The molecule has 1 unspecified atom stereocenters. The highest BCUT2D eigenvalue weighted by Gasteiger charge is 2.27. The smallest absolute Gasteiger partial charge is 0.355 e. The summed E-state index contributed by atoms with van der Waals surface area (Å²) in [4.78, 5) is 25.3. The minimum Gasteiger partial charge on any atom is -0.461 e. The fourth-order valence-corrected chi connectivity index (χ4v) is 3.05. The molecule has 0 radical (unpaired) electrons. The maximum atomic E-state index is 12.8. The Morgan fingerprint density at radius 2 is 1.81 bits per heavy atom. The molecule has 0 aliphatic rings. The van der Waals surface area contributed by atoms with Gasteiger partial charge in [0.15, 0.2) is 0 Å². The molecule has 1 atom stereocenters. The standard InChI is InChI=1S/C21H28N2O3/c1-6-14(3)22-20(24)18-15(4)19(21(25)26-7-2)23(16(18)5)13-17-11-9-8-10-12-17/h8-12,14H,6-7,13H2,1-5H3,(H,22,24). The highest BCUT2D eigenvalue weighted by Crippen LogP contribution is 2.25. The third kappa shape index (κ3) is 4.15. The van der Waals surface area contributed by atoms with Crippen LogP contribution in [0.4, 0.5) is 0 Å². The predicted octanol–water partition coefficient (Wildman–Crippen LogP) is 3.86. The van der Waals surface area contributed by atoms with Crippen molar-refractivity contribution in [2.75, 3.05) is 6.61 Å². The highest BCUT2D eigenvalue weighted by atomic mass is 16.5. The van der Waals surface area contributed by atoms with E-state index >= 15 is 0 Å². The Hall–Kier alpha value is -2.56. The molecule has 26 heavy (non-hydrogen) atoms. The summed E-state index contributed by atoms with van der Waals surface area (Å²) in [5, 5.41) is 3.00. The number of rotatable bonds is 7. The van der Waals surface area contributed by atoms with Crippen LogP contribution in [0, 0.1) is 13.8 Å². The van der Waals surface area contributed by atoms with Crippen LogP contribution < -0.4 is 5.32 Å². The van der Waals surface area contributed by atoms with E-state index in [1.807, 2.05) is 62.6 Å².